The van der Waals surface area contributed by atoms with Crippen molar-refractivity contribution in [2.24, 2.45) is 0 Å². The number of aliphatic hydroxyl groups is 1. The normalized spacial score (nSPS) is 18.6. The quantitative estimate of drug-likeness (QED) is 0.476. The average molecular weight is 272 g/mol. The number of hydrogen-bond donors (Lipinski definition) is 1. The molecule has 3 nitrogen and oxygen atoms in total. The molecule has 0 aromatic rings. The molecular formula is C7H13IO3. The minimum Gasteiger partial charge on any atom is -0.462 e. The molecule has 11 heavy (non-hydrogen) atoms. The first-order valence-corrected chi connectivity index (χ1v) is 4.69. The van der Waals surface area contributed by atoms with E-state index in [1.54, 1.807) is 13.8 Å². The molecule has 0 amide bonds. The van der Waals surface area contributed by atoms with Crippen LogP contribution in [-0.4, -0.2) is 27.2 Å². The Hall–Kier alpha value is 0.160. The van der Waals surface area contributed by atoms with Gasteiger partial charge in [0.1, 0.15) is 6.10 Å². The van der Waals surface area contributed by atoms with E-state index in [4.69, 9.17) is 9.84 Å². The van der Waals surface area contributed by atoms with Crippen LogP contribution in [0.5, 0.6) is 0 Å². The highest BCUT2D eigenvalue weighted by Crippen LogP contribution is 2.14. The Balaban J connectivity index is 3.82. The van der Waals surface area contributed by atoms with E-state index >= 15 is 0 Å². The van der Waals surface area contributed by atoms with Crippen LogP contribution in [0.2, 0.25) is 0 Å². The first-order chi connectivity index (χ1) is 4.95. The van der Waals surface area contributed by atoms with E-state index in [-0.39, 0.29) is 16.0 Å². The van der Waals surface area contributed by atoms with Crippen molar-refractivity contribution in [3.8, 4) is 0 Å². The first kappa shape index (κ1) is 11.2. The highest BCUT2D eigenvalue weighted by molar-refractivity contribution is 14.1. The molecule has 0 radical (unpaired) electrons. The van der Waals surface area contributed by atoms with E-state index in [2.05, 4.69) is 22.6 Å². The Labute approximate surface area is 80.3 Å². The van der Waals surface area contributed by atoms with Crippen LogP contribution >= 0.6 is 22.6 Å². The van der Waals surface area contributed by atoms with Crippen molar-refractivity contribution in [3.05, 3.63) is 0 Å². The number of aliphatic hydroxyl groups excluding tert-OH is 1. The molecule has 3 atom stereocenters. The number of hydrogen-bond acceptors (Lipinski definition) is 3. The number of carbonyl (C=O) groups excluding carboxylic acids is 1. The van der Waals surface area contributed by atoms with Gasteiger partial charge in [-0.05, 0) is 13.8 Å². The molecule has 4 heteroatoms. The van der Waals surface area contributed by atoms with Crippen molar-refractivity contribution in [3.63, 3.8) is 0 Å². The molecule has 0 spiro atoms. The molecule has 1 unspecified atom stereocenters. The molecule has 0 fully saturated rings. The number of ether oxygens (including phenoxy) is 1. The van der Waals surface area contributed by atoms with E-state index in [0.717, 1.165) is 0 Å². The SMILES string of the molecule is CC(=O)OC(C)[C@H](I)[C@H](C)O. The summed E-state index contributed by atoms with van der Waals surface area (Å²) in [5.74, 6) is -0.306. The van der Waals surface area contributed by atoms with Gasteiger partial charge in [0.05, 0.1) is 10.0 Å². The molecule has 0 aliphatic heterocycles. The summed E-state index contributed by atoms with van der Waals surface area (Å²) in [4.78, 5) is 10.5. The van der Waals surface area contributed by atoms with Gasteiger partial charge >= 0.3 is 5.97 Å². The third kappa shape index (κ3) is 4.58. The number of halogens is 1. The van der Waals surface area contributed by atoms with Crippen molar-refractivity contribution in [1.29, 1.82) is 0 Å². The van der Waals surface area contributed by atoms with Crippen LogP contribution in [-0.2, 0) is 9.53 Å². The molecule has 0 bridgehead atoms. The van der Waals surface area contributed by atoms with Gasteiger partial charge in [0.2, 0.25) is 0 Å². The fraction of sp³-hybridized carbons (Fsp3) is 0.857. The second-order valence-electron chi connectivity index (χ2n) is 2.50. The summed E-state index contributed by atoms with van der Waals surface area (Å²) in [5.41, 5.74) is 0. The van der Waals surface area contributed by atoms with Crippen molar-refractivity contribution in [1.82, 2.24) is 0 Å². The number of carbonyl (C=O) groups is 1. The zero-order valence-corrected chi connectivity index (χ0v) is 9.03. The zero-order valence-electron chi connectivity index (χ0n) is 6.87. The Bertz CT molecular complexity index is 136. The van der Waals surface area contributed by atoms with E-state index in [9.17, 15) is 4.79 Å². The molecule has 0 heterocycles. The maximum Gasteiger partial charge on any atom is 0.302 e. The lowest BCUT2D eigenvalue weighted by Gasteiger charge is -2.20. The van der Waals surface area contributed by atoms with Crippen molar-refractivity contribution >= 4 is 28.6 Å². The van der Waals surface area contributed by atoms with Crippen LogP contribution in [0, 0.1) is 0 Å². The molecule has 0 saturated carbocycles. The Morgan fingerprint density at radius 2 is 2.00 bits per heavy atom. The molecule has 0 aliphatic carbocycles. The Morgan fingerprint density at radius 1 is 1.55 bits per heavy atom. The van der Waals surface area contributed by atoms with Crippen LogP contribution in [0.4, 0.5) is 0 Å². The third-order valence-electron chi connectivity index (χ3n) is 1.26. The maximum atomic E-state index is 10.5. The fourth-order valence-electron chi connectivity index (χ4n) is 0.719. The van der Waals surface area contributed by atoms with E-state index in [1.165, 1.54) is 6.92 Å². The highest BCUT2D eigenvalue weighted by Gasteiger charge is 2.20. The Morgan fingerprint density at radius 3 is 2.27 bits per heavy atom. The minimum absolute atomic E-state index is 0.0449. The van der Waals surface area contributed by atoms with Gasteiger partial charge in [-0.15, -0.1) is 0 Å². The largest absolute Gasteiger partial charge is 0.462 e. The van der Waals surface area contributed by atoms with Gasteiger partial charge in [-0.1, -0.05) is 22.6 Å². The van der Waals surface area contributed by atoms with Crippen molar-refractivity contribution in [2.75, 3.05) is 0 Å². The molecule has 0 aromatic heterocycles. The number of esters is 1. The standard InChI is InChI=1S/C7H13IO3/c1-4(9)7(8)5(2)11-6(3)10/h4-5,7,9H,1-3H3/t4-,5?,7+/m0/s1. The summed E-state index contributed by atoms with van der Waals surface area (Å²) in [7, 11) is 0. The molecule has 1 N–H and O–H groups in total. The predicted octanol–water partition coefficient (Wildman–Crippen LogP) is 1.12. The fourth-order valence-corrected chi connectivity index (χ4v) is 0.866. The lowest BCUT2D eigenvalue weighted by Crippen LogP contribution is -2.31. The topological polar surface area (TPSA) is 46.5 Å². The molecular weight excluding hydrogens is 259 g/mol. The Kier molecular flexibility index (Phi) is 4.99. The van der Waals surface area contributed by atoms with Gasteiger partial charge in [-0.3, -0.25) is 4.79 Å². The van der Waals surface area contributed by atoms with Crippen molar-refractivity contribution in [2.45, 2.75) is 36.9 Å². The van der Waals surface area contributed by atoms with E-state index in [1.807, 2.05) is 0 Å². The van der Waals surface area contributed by atoms with Gasteiger partial charge in [-0.2, -0.15) is 0 Å². The van der Waals surface area contributed by atoms with Gasteiger partial charge in [0.15, 0.2) is 0 Å². The molecule has 0 aliphatic rings. The summed E-state index contributed by atoms with van der Waals surface area (Å²) < 4.78 is 4.82. The minimum atomic E-state index is -0.454. The third-order valence-corrected chi connectivity index (χ3v) is 3.31. The van der Waals surface area contributed by atoms with Gasteiger partial charge in [-0.25, -0.2) is 0 Å². The second-order valence-corrected chi connectivity index (χ2v) is 3.94. The lowest BCUT2D eigenvalue weighted by atomic mass is 10.2. The monoisotopic (exact) mass is 272 g/mol. The maximum absolute atomic E-state index is 10.5. The van der Waals surface area contributed by atoms with Crippen LogP contribution < -0.4 is 0 Å². The number of rotatable bonds is 3. The average Bonchev–Trinajstić information content (AvgIpc) is 1.84. The lowest BCUT2D eigenvalue weighted by molar-refractivity contribution is -0.145. The van der Waals surface area contributed by atoms with Crippen molar-refractivity contribution < 1.29 is 14.6 Å². The highest BCUT2D eigenvalue weighted by atomic mass is 127. The zero-order chi connectivity index (χ0) is 9.02. The summed E-state index contributed by atoms with van der Waals surface area (Å²) >= 11 is 2.06. The first-order valence-electron chi connectivity index (χ1n) is 3.44. The summed E-state index contributed by atoms with van der Waals surface area (Å²) in [6.07, 6.45) is -0.682. The van der Waals surface area contributed by atoms with E-state index in [0.29, 0.717) is 0 Å². The molecule has 0 saturated heterocycles. The van der Waals surface area contributed by atoms with Gasteiger partial charge in [0.25, 0.3) is 0 Å². The molecule has 0 aromatic carbocycles. The summed E-state index contributed by atoms with van der Waals surface area (Å²) in [5, 5.41) is 9.11. The van der Waals surface area contributed by atoms with Crippen LogP contribution in [0.1, 0.15) is 20.8 Å². The molecule has 0 rings (SSSR count). The molecule has 66 valence electrons. The summed E-state index contributed by atoms with van der Waals surface area (Å²) in [6, 6.07) is 0. The second kappa shape index (κ2) is 4.92. The predicted molar refractivity (Wildman–Crippen MR) is 50.7 cm³/mol. The van der Waals surface area contributed by atoms with Crippen LogP contribution in [0.15, 0.2) is 0 Å². The van der Waals surface area contributed by atoms with E-state index < -0.39 is 6.10 Å². The van der Waals surface area contributed by atoms with Crippen LogP contribution in [0.25, 0.3) is 0 Å². The van der Waals surface area contributed by atoms with Gasteiger partial charge in [0, 0.05) is 6.92 Å². The smallest absolute Gasteiger partial charge is 0.302 e. The van der Waals surface area contributed by atoms with Crippen LogP contribution in [0.3, 0.4) is 0 Å². The van der Waals surface area contributed by atoms with Gasteiger partial charge < -0.3 is 9.84 Å². The summed E-state index contributed by atoms with van der Waals surface area (Å²) in [6.45, 7) is 4.81. The number of alkyl halides is 1.